The number of hydrogen-bond donors (Lipinski definition) is 1. The minimum Gasteiger partial charge on any atom is -0.390 e. The number of aliphatic hydroxyl groups excluding tert-OH is 1. The quantitative estimate of drug-likeness (QED) is 0.809. The molecule has 0 heterocycles. The van der Waals surface area contributed by atoms with Gasteiger partial charge in [-0.15, -0.1) is 0 Å². The van der Waals surface area contributed by atoms with Gasteiger partial charge < -0.3 is 9.84 Å². The molecule has 2 aliphatic rings. The summed E-state index contributed by atoms with van der Waals surface area (Å²) in [7, 11) is 0. The Bertz CT molecular complexity index is 271. The molecule has 0 aromatic heterocycles. The van der Waals surface area contributed by atoms with Crippen molar-refractivity contribution in [3.05, 3.63) is 0 Å². The predicted octanol–water partition coefficient (Wildman–Crippen LogP) is 4.41. The molecule has 0 spiro atoms. The Balaban J connectivity index is 1.80. The molecule has 0 amide bonds. The van der Waals surface area contributed by atoms with Crippen LogP contribution >= 0.6 is 0 Å². The van der Waals surface area contributed by atoms with Crippen molar-refractivity contribution >= 4 is 0 Å². The summed E-state index contributed by atoms with van der Waals surface area (Å²) < 4.78 is 6.19. The molecule has 2 saturated carbocycles. The van der Waals surface area contributed by atoms with Crippen molar-refractivity contribution in [2.45, 2.75) is 84.3 Å². The molecular formula is C18H34O2. The first-order valence-corrected chi connectivity index (χ1v) is 8.87. The zero-order valence-electron chi connectivity index (χ0n) is 13.7. The van der Waals surface area contributed by atoms with Gasteiger partial charge in [-0.25, -0.2) is 0 Å². The van der Waals surface area contributed by atoms with Crippen LogP contribution in [0.4, 0.5) is 0 Å². The topological polar surface area (TPSA) is 29.5 Å². The van der Waals surface area contributed by atoms with Gasteiger partial charge in [-0.2, -0.15) is 0 Å². The fourth-order valence-electron chi connectivity index (χ4n) is 4.18. The van der Waals surface area contributed by atoms with Crippen molar-refractivity contribution in [3.63, 3.8) is 0 Å². The van der Waals surface area contributed by atoms with Crippen LogP contribution in [-0.2, 0) is 4.74 Å². The van der Waals surface area contributed by atoms with Crippen molar-refractivity contribution in [2.75, 3.05) is 6.61 Å². The Morgan fingerprint density at radius 3 is 2.40 bits per heavy atom. The molecule has 118 valence electrons. The molecule has 2 aliphatic carbocycles. The zero-order chi connectivity index (χ0) is 14.5. The van der Waals surface area contributed by atoms with Crippen LogP contribution in [0.2, 0.25) is 0 Å². The lowest BCUT2D eigenvalue weighted by atomic mass is 9.75. The maximum absolute atomic E-state index is 10.4. The average molecular weight is 282 g/mol. The summed E-state index contributed by atoms with van der Waals surface area (Å²) in [5, 5.41) is 10.4. The second-order valence-corrected chi connectivity index (χ2v) is 7.66. The van der Waals surface area contributed by atoms with E-state index in [1.165, 1.54) is 51.4 Å². The molecule has 20 heavy (non-hydrogen) atoms. The van der Waals surface area contributed by atoms with E-state index in [4.69, 9.17) is 4.74 Å². The van der Waals surface area contributed by atoms with Crippen molar-refractivity contribution in [2.24, 2.45) is 23.7 Å². The normalized spacial score (nSPS) is 34.4. The van der Waals surface area contributed by atoms with E-state index in [1.54, 1.807) is 0 Å². The standard InChI is InChI=1S/C18H34O2/c1-13(2)16-10-9-14(3)11-18(16)20-12-17(19)15-7-5-4-6-8-15/h13-19H,4-12H2,1-3H3. The molecule has 2 rings (SSSR count). The summed E-state index contributed by atoms with van der Waals surface area (Å²) in [6, 6.07) is 0. The summed E-state index contributed by atoms with van der Waals surface area (Å²) in [4.78, 5) is 0. The summed E-state index contributed by atoms with van der Waals surface area (Å²) >= 11 is 0. The monoisotopic (exact) mass is 282 g/mol. The predicted molar refractivity (Wildman–Crippen MR) is 83.7 cm³/mol. The van der Waals surface area contributed by atoms with E-state index in [2.05, 4.69) is 20.8 Å². The molecule has 0 aromatic carbocycles. The van der Waals surface area contributed by atoms with E-state index in [0.29, 0.717) is 30.5 Å². The lowest BCUT2D eigenvalue weighted by Crippen LogP contribution is -2.37. The Kier molecular flexibility index (Phi) is 6.35. The van der Waals surface area contributed by atoms with Gasteiger partial charge >= 0.3 is 0 Å². The number of rotatable bonds is 5. The van der Waals surface area contributed by atoms with Crippen LogP contribution < -0.4 is 0 Å². The molecule has 0 bridgehead atoms. The van der Waals surface area contributed by atoms with Crippen LogP contribution in [0.3, 0.4) is 0 Å². The third kappa shape index (κ3) is 4.46. The molecule has 2 fully saturated rings. The van der Waals surface area contributed by atoms with E-state index in [0.717, 1.165) is 5.92 Å². The zero-order valence-corrected chi connectivity index (χ0v) is 13.7. The summed E-state index contributed by atoms with van der Waals surface area (Å²) in [6.45, 7) is 7.53. The first kappa shape index (κ1) is 16.3. The maximum Gasteiger partial charge on any atom is 0.0801 e. The molecule has 2 heteroatoms. The van der Waals surface area contributed by atoms with Crippen LogP contribution in [0.15, 0.2) is 0 Å². The Labute approximate surface area is 125 Å². The minimum atomic E-state index is -0.236. The highest BCUT2D eigenvalue weighted by molar-refractivity contribution is 4.82. The van der Waals surface area contributed by atoms with Crippen LogP contribution in [0.1, 0.15) is 72.1 Å². The largest absolute Gasteiger partial charge is 0.390 e. The van der Waals surface area contributed by atoms with E-state index < -0.39 is 0 Å². The van der Waals surface area contributed by atoms with Gasteiger partial charge in [-0.1, -0.05) is 46.5 Å². The summed E-state index contributed by atoms with van der Waals surface area (Å²) in [5.74, 6) is 2.65. The highest BCUT2D eigenvalue weighted by Crippen LogP contribution is 2.36. The highest BCUT2D eigenvalue weighted by atomic mass is 16.5. The van der Waals surface area contributed by atoms with Crippen molar-refractivity contribution in [1.29, 1.82) is 0 Å². The Morgan fingerprint density at radius 1 is 1.05 bits per heavy atom. The van der Waals surface area contributed by atoms with Crippen LogP contribution in [-0.4, -0.2) is 23.9 Å². The lowest BCUT2D eigenvalue weighted by Gasteiger charge is -2.38. The van der Waals surface area contributed by atoms with E-state index in [1.807, 2.05) is 0 Å². The van der Waals surface area contributed by atoms with Crippen molar-refractivity contribution in [1.82, 2.24) is 0 Å². The van der Waals surface area contributed by atoms with Crippen LogP contribution in [0, 0.1) is 23.7 Å². The minimum absolute atomic E-state index is 0.236. The molecule has 4 unspecified atom stereocenters. The van der Waals surface area contributed by atoms with Gasteiger partial charge in [0, 0.05) is 0 Å². The van der Waals surface area contributed by atoms with Crippen LogP contribution in [0.5, 0.6) is 0 Å². The molecular weight excluding hydrogens is 248 g/mol. The molecule has 2 nitrogen and oxygen atoms in total. The second kappa shape index (κ2) is 7.79. The van der Waals surface area contributed by atoms with Gasteiger partial charge in [0.15, 0.2) is 0 Å². The van der Waals surface area contributed by atoms with Crippen LogP contribution in [0.25, 0.3) is 0 Å². The average Bonchev–Trinajstić information content (AvgIpc) is 2.45. The third-order valence-electron chi connectivity index (χ3n) is 5.64. The van der Waals surface area contributed by atoms with E-state index in [9.17, 15) is 5.11 Å². The Hall–Kier alpha value is -0.0800. The fraction of sp³-hybridized carbons (Fsp3) is 1.00. The molecule has 0 aliphatic heterocycles. The number of aliphatic hydroxyl groups is 1. The maximum atomic E-state index is 10.4. The fourth-order valence-corrected chi connectivity index (χ4v) is 4.18. The van der Waals surface area contributed by atoms with Gasteiger partial charge in [0.2, 0.25) is 0 Å². The smallest absolute Gasteiger partial charge is 0.0801 e. The number of hydrogen-bond acceptors (Lipinski definition) is 2. The lowest BCUT2D eigenvalue weighted by molar-refractivity contribution is -0.0834. The summed E-state index contributed by atoms with van der Waals surface area (Å²) in [6.07, 6.45) is 10.3. The number of ether oxygens (including phenoxy) is 1. The van der Waals surface area contributed by atoms with Crippen molar-refractivity contribution in [3.8, 4) is 0 Å². The van der Waals surface area contributed by atoms with Crippen molar-refractivity contribution < 1.29 is 9.84 Å². The second-order valence-electron chi connectivity index (χ2n) is 7.66. The van der Waals surface area contributed by atoms with Gasteiger partial charge in [-0.3, -0.25) is 0 Å². The van der Waals surface area contributed by atoms with Gasteiger partial charge in [0.25, 0.3) is 0 Å². The van der Waals surface area contributed by atoms with Gasteiger partial charge in [-0.05, 0) is 49.4 Å². The molecule has 1 N–H and O–H groups in total. The summed E-state index contributed by atoms with van der Waals surface area (Å²) in [5.41, 5.74) is 0. The molecule has 0 aromatic rings. The molecule has 4 atom stereocenters. The third-order valence-corrected chi connectivity index (χ3v) is 5.64. The Morgan fingerprint density at radius 2 is 1.75 bits per heavy atom. The SMILES string of the molecule is CC1CCC(C(C)C)C(OCC(O)C2CCCCC2)C1. The highest BCUT2D eigenvalue weighted by Gasteiger charge is 2.32. The van der Waals surface area contributed by atoms with Gasteiger partial charge in [0.05, 0.1) is 18.8 Å². The first-order chi connectivity index (χ1) is 9.58. The van der Waals surface area contributed by atoms with E-state index in [-0.39, 0.29) is 6.10 Å². The molecule has 0 saturated heterocycles. The molecule has 0 radical (unpaired) electrons. The first-order valence-electron chi connectivity index (χ1n) is 8.87. The van der Waals surface area contributed by atoms with Gasteiger partial charge in [0.1, 0.15) is 0 Å². The van der Waals surface area contributed by atoms with E-state index >= 15 is 0 Å².